The largest absolute Gasteiger partial charge is 0.362 e. The van der Waals surface area contributed by atoms with Gasteiger partial charge in [-0.3, -0.25) is 4.79 Å². The van der Waals surface area contributed by atoms with E-state index in [9.17, 15) is 17.2 Å². The van der Waals surface area contributed by atoms with Crippen molar-refractivity contribution >= 4 is 16.4 Å². The van der Waals surface area contributed by atoms with Crippen molar-refractivity contribution in [2.45, 2.75) is 38.1 Å². The molecule has 0 aliphatic carbocycles. The highest BCUT2D eigenvalue weighted by Crippen LogP contribution is 2.20. The minimum absolute atomic E-state index is 0.0840. The van der Waals surface area contributed by atoms with Gasteiger partial charge in [0.1, 0.15) is 16.5 Å². The van der Waals surface area contributed by atoms with E-state index in [2.05, 4.69) is 10.0 Å². The number of rotatable bonds is 3. The Balaban J connectivity index is 0.000000885. The van der Waals surface area contributed by atoms with Gasteiger partial charge in [-0.2, -0.15) is 0 Å². The van der Waals surface area contributed by atoms with Crippen molar-refractivity contribution in [2.24, 2.45) is 0 Å². The maximum Gasteiger partial charge on any atom is 0.243 e. The quantitative estimate of drug-likeness (QED) is 0.832. The van der Waals surface area contributed by atoms with E-state index in [-0.39, 0.29) is 5.56 Å². The molecule has 0 aliphatic rings. The lowest BCUT2D eigenvalue weighted by molar-refractivity contribution is -0.109. The molecule has 1 aromatic rings. The van der Waals surface area contributed by atoms with Gasteiger partial charge in [-0.05, 0) is 39.3 Å². The molecule has 2 N–H and O–H groups in total. The molecule has 1 aromatic carbocycles. The van der Waals surface area contributed by atoms with Crippen LogP contribution in [0.3, 0.4) is 0 Å². The second-order valence-corrected chi connectivity index (χ2v) is 6.94. The van der Waals surface area contributed by atoms with Crippen molar-refractivity contribution in [3.63, 3.8) is 0 Å². The van der Waals surface area contributed by atoms with Crippen molar-refractivity contribution in [2.75, 3.05) is 7.05 Å². The molecule has 1 rings (SSSR count). The average molecular weight is 322 g/mol. The van der Waals surface area contributed by atoms with Crippen LogP contribution >= 0.6 is 0 Å². The van der Waals surface area contributed by atoms with Crippen LogP contribution in [0.4, 0.5) is 8.78 Å². The topological polar surface area (TPSA) is 75.3 Å². The third-order valence-electron chi connectivity index (χ3n) is 2.06. The summed E-state index contributed by atoms with van der Waals surface area (Å²) < 4.78 is 52.5. The minimum atomic E-state index is -3.98. The van der Waals surface area contributed by atoms with Gasteiger partial charge < -0.3 is 5.32 Å². The summed E-state index contributed by atoms with van der Waals surface area (Å²) in [6.45, 7) is 6.29. The van der Waals surface area contributed by atoms with E-state index in [1.807, 2.05) is 0 Å². The molecule has 5 nitrogen and oxygen atoms in total. The molecule has 21 heavy (non-hydrogen) atoms. The first kappa shape index (κ1) is 19.5. The number of carbonyl (C=O) groups is 1. The third kappa shape index (κ3) is 6.63. The van der Waals surface area contributed by atoms with Crippen LogP contribution in [-0.4, -0.2) is 27.4 Å². The number of carbonyl (C=O) groups excluding carboxylic acids is 1. The Morgan fingerprint density at radius 1 is 1.14 bits per heavy atom. The normalized spacial score (nSPS) is 11.4. The van der Waals surface area contributed by atoms with Gasteiger partial charge in [0, 0.05) is 18.7 Å². The molecule has 0 aliphatic heterocycles. The van der Waals surface area contributed by atoms with E-state index < -0.39 is 32.1 Å². The summed E-state index contributed by atoms with van der Waals surface area (Å²) in [5, 5.41) is 2.25. The number of aryl methyl sites for hydroxylation is 1. The smallest absolute Gasteiger partial charge is 0.243 e. The molecule has 0 aromatic heterocycles. The van der Waals surface area contributed by atoms with E-state index >= 15 is 0 Å². The number of hydrogen-bond donors (Lipinski definition) is 2. The van der Waals surface area contributed by atoms with Gasteiger partial charge >= 0.3 is 0 Å². The number of hydrogen-bond acceptors (Lipinski definition) is 3. The van der Waals surface area contributed by atoms with Gasteiger partial charge in [0.15, 0.2) is 0 Å². The zero-order valence-corrected chi connectivity index (χ0v) is 13.4. The predicted octanol–water partition coefficient (Wildman–Crippen LogP) is 1.71. The lowest BCUT2D eigenvalue weighted by atomic mass is 10.1. The van der Waals surface area contributed by atoms with Crippen molar-refractivity contribution in [3.05, 3.63) is 29.3 Å². The van der Waals surface area contributed by atoms with Crippen LogP contribution in [0, 0.1) is 18.6 Å². The summed E-state index contributed by atoms with van der Waals surface area (Å²) in [4.78, 5) is 8.53. The van der Waals surface area contributed by atoms with Crippen molar-refractivity contribution in [3.8, 4) is 0 Å². The number of sulfonamides is 1. The Morgan fingerprint density at radius 2 is 1.62 bits per heavy atom. The highest BCUT2D eigenvalue weighted by atomic mass is 32.2. The Morgan fingerprint density at radius 3 is 2.00 bits per heavy atom. The lowest BCUT2D eigenvalue weighted by Gasteiger charge is -2.20. The summed E-state index contributed by atoms with van der Waals surface area (Å²) in [6, 6.07) is 1.56. The molecule has 0 atom stereocenters. The van der Waals surface area contributed by atoms with Crippen LogP contribution in [0.1, 0.15) is 26.3 Å². The monoisotopic (exact) mass is 322 g/mol. The second kappa shape index (κ2) is 7.46. The molecular formula is C13H20F2N2O3S. The number of benzene rings is 1. The zero-order chi connectivity index (χ0) is 16.8. The first-order valence-electron chi connectivity index (χ1n) is 6.05. The van der Waals surface area contributed by atoms with Crippen LogP contribution in [-0.2, 0) is 14.8 Å². The molecule has 120 valence electrons. The summed E-state index contributed by atoms with van der Waals surface area (Å²) in [5.41, 5.74) is -0.645. The summed E-state index contributed by atoms with van der Waals surface area (Å²) >= 11 is 0. The number of nitrogens with one attached hydrogen (secondary N) is 2. The second-order valence-electron chi connectivity index (χ2n) is 5.29. The minimum Gasteiger partial charge on any atom is -0.362 e. The fraction of sp³-hybridized carbons (Fsp3) is 0.462. The highest BCUT2D eigenvalue weighted by Gasteiger charge is 2.25. The molecule has 0 saturated carbocycles. The van der Waals surface area contributed by atoms with Gasteiger partial charge in [-0.1, -0.05) is 0 Å². The third-order valence-corrected chi connectivity index (χ3v) is 3.83. The molecule has 0 heterocycles. The molecule has 0 fully saturated rings. The first-order valence-corrected chi connectivity index (χ1v) is 7.53. The van der Waals surface area contributed by atoms with Crippen LogP contribution in [0.5, 0.6) is 0 Å². The van der Waals surface area contributed by atoms with Crippen LogP contribution in [0.2, 0.25) is 0 Å². The van der Waals surface area contributed by atoms with Crippen LogP contribution in [0.15, 0.2) is 17.0 Å². The molecule has 1 amide bonds. The average Bonchev–Trinajstić information content (AvgIpc) is 2.31. The van der Waals surface area contributed by atoms with E-state index in [1.165, 1.54) is 6.92 Å². The van der Waals surface area contributed by atoms with Crippen molar-refractivity contribution in [1.82, 2.24) is 10.0 Å². The van der Waals surface area contributed by atoms with Crippen LogP contribution < -0.4 is 10.0 Å². The molecule has 0 saturated heterocycles. The fourth-order valence-corrected chi connectivity index (χ4v) is 2.86. The molecule has 0 radical (unpaired) electrons. The first-order chi connectivity index (χ1) is 9.44. The SMILES string of the molecule is CNC=O.Cc1cc(S(=O)(=O)NC(C)(C)C)c(F)cc1F. The van der Waals surface area contributed by atoms with Gasteiger partial charge in [-0.15, -0.1) is 0 Å². The summed E-state index contributed by atoms with van der Waals surface area (Å²) in [7, 11) is -2.42. The molecule has 0 bridgehead atoms. The van der Waals surface area contributed by atoms with E-state index in [1.54, 1.807) is 27.8 Å². The van der Waals surface area contributed by atoms with Crippen molar-refractivity contribution in [1.29, 1.82) is 0 Å². The molecular weight excluding hydrogens is 302 g/mol. The van der Waals surface area contributed by atoms with E-state index in [0.717, 1.165) is 6.07 Å². The van der Waals surface area contributed by atoms with Crippen molar-refractivity contribution < 1.29 is 22.0 Å². The van der Waals surface area contributed by atoms with Crippen LogP contribution in [0.25, 0.3) is 0 Å². The Labute approximate surface area is 123 Å². The maximum atomic E-state index is 13.4. The standard InChI is InChI=1S/C11H15F2NO2S.C2H5NO/c1-7-5-10(9(13)6-8(7)12)17(15,16)14-11(2,3)4;1-3-2-4/h5-6,14H,1-4H3;2H,1H3,(H,3,4). The van der Waals surface area contributed by atoms with Gasteiger partial charge in [-0.25, -0.2) is 21.9 Å². The van der Waals surface area contributed by atoms with Gasteiger partial charge in [0.2, 0.25) is 16.4 Å². The van der Waals surface area contributed by atoms with Gasteiger partial charge in [0.05, 0.1) is 0 Å². The Bertz CT molecular complexity index is 596. The molecule has 8 heteroatoms. The van der Waals surface area contributed by atoms with Gasteiger partial charge in [0.25, 0.3) is 0 Å². The van der Waals surface area contributed by atoms with E-state index in [0.29, 0.717) is 12.5 Å². The fourth-order valence-electron chi connectivity index (χ4n) is 1.29. The summed E-state index contributed by atoms with van der Waals surface area (Å²) in [6.07, 6.45) is 0.625. The predicted molar refractivity (Wildman–Crippen MR) is 76.3 cm³/mol. The number of halogens is 2. The van der Waals surface area contributed by atoms with E-state index in [4.69, 9.17) is 4.79 Å². The zero-order valence-electron chi connectivity index (χ0n) is 12.6. The molecule has 0 unspecified atom stereocenters. The molecule has 0 spiro atoms. The number of amides is 1. The lowest BCUT2D eigenvalue weighted by Crippen LogP contribution is -2.40. The summed E-state index contributed by atoms with van der Waals surface area (Å²) in [5.74, 6) is -1.86. The Hall–Kier alpha value is -1.54. The maximum absolute atomic E-state index is 13.4. The Kier molecular flexibility index (Phi) is 6.92. The highest BCUT2D eigenvalue weighted by molar-refractivity contribution is 7.89.